The average Bonchev–Trinajstić information content (AvgIpc) is 2.42. The maximum Gasteiger partial charge on any atom is 0.126 e. The van der Waals surface area contributed by atoms with E-state index < -0.39 is 17.7 Å². The van der Waals surface area contributed by atoms with Gasteiger partial charge in [0.2, 0.25) is 0 Å². The molecule has 1 N–H and O–H groups in total. The Morgan fingerprint density at radius 1 is 1.05 bits per heavy atom. The summed E-state index contributed by atoms with van der Waals surface area (Å²) in [7, 11) is 0. The Kier molecular flexibility index (Phi) is 4.43. The second kappa shape index (κ2) is 5.94. The number of hydrogen-bond acceptors (Lipinski definition) is 1. The van der Waals surface area contributed by atoms with Crippen molar-refractivity contribution in [3.63, 3.8) is 0 Å². The molecule has 0 saturated heterocycles. The largest absolute Gasteiger partial charge is 0.388 e. The molecule has 112 valence electrons. The van der Waals surface area contributed by atoms with Crippen molar-refractivity contribution in [1.82, 2.24) is 0 Å². The van der Waals surface area contributed by atoms with Gasteiger partial charge in [-0.1, -0.05) is 45.0 Å². The van der Waals surface area contributed by atoms with Gasteiger partial charge in [0.05, 0.1) is 6.10 Å². The first-order valence-corrected chi connectivity index (χ1v) is 7.00. The van der Waals surface area contributed by atoms with Crippen molar-refractivity contribution < 1.29 is 13.9 Å². The highest BCUT2D eigenvalue weighted by molar-refractivity contribution is 5.35. The fraction of sp³-hybridized carbons (Fsp3) is 0.333. The molecule has 2 aromatic carbocycles. The molecule has 1 nitrogen and oxygen atoms in total. The van der Waals surface area contributed by atoms with Crippen LogP contribution in [0.3, 0.4) is 0 Å². The van der Waals surface area contributed by atoms with E-state index >= 15 is 0 Å². The van der Waals surface area contributed by atoms with E-state index in [9.17, 15) is 13.9 Å². The summed E-state index contributed by atoms with van der Waals surface area (Å²) in [5.74, 6) is -0.994. The van der Waals surface area contributed by atoms with Crippen LogP contribution in [-0.4, -0.2) is 5.11 Å². The second-order valence-electron chi connectivity index (χ2n) is 6.29. The summed E-state index contributed by atoms with van der Waals surface area (Å²) >= 11 is 0. The molecule has 0 aromatic heterocycles. The molecule has 3 heteroatoms. The van der Waals surface area contributed by atoms with Crippen molar-refractivity contribution in [1.29, 1.82) is 0 Å². The maximum atomic E-state index is 13.7. The third-order valence-electron chi connectivity index (χ3n) is 3.55. The summed E-state index contributed by atoms with van der Waals surface area (Å²) in [6.07, 6.45) is -0.812. The lowest BCUT2D eigenvalue weighted by Crippen LogP contribution is -2.17. The zero-order valence-corrected chi connectivity index (χ0v) is 12.5. The quantitative estimate of drug-likeness (QED) is 0.880. The first kappa shape index (κ1) is 15.6. The molecular weight excluding hydrogens is 270 g/mol. The number of benzene rings is 2. The summed E-state index contributed by atoms with van der Waals surface area (Å²) in [6, 6.07) is 10.9. The van der Waals surface area contributed by atoms with Gasteiger partial charge in [0.25, 0.3) is 0 Å². The molecule has 0 fully saturated rings. The first-order valence-electron chi connectivity index (χ1n) is 7.00. The van der Waals surface area contributed by atoms with E-state index in [0.717, 1.165) is 29.3 Å². The van der Waals surface area contributed by atoms with Crippen LogP contribution in [0, 0.1) is 11.6 Å². The van der Waals surface area contributed by atoms with Gasteiger partial charge in [-0.2, -0.15) is 0 Å². The van der Waals surface area contributed by atoms with Crippen LogP contribution in [0.5, 0.6) is 0 Å². The standard InChI is InChI=1S/C18H20F2O/c1-18(2,3)15-7-5-4-6-14(15)17(21)11-12-10-13(19)8-9-16(12)20/h4-10,17,21H,11H2,1-3H3. The van der Waals surface area contributed by atoms with E-state index in [1.165, 1.54) is 0 Å². The monoisotopic (exact) mass is 290 g/mol. The first-order chi connectivity index (χ1) is 9.79. The maximum absolute atomic E-state index is 13.7. The fourth-order valence-electron chi connectivity index (χ4n) is 2.49. The van der Waals surface area contributed by atoms with Crippen molar-refractivity contribution >= 4 is 0 Å². The van der Waals surface area contributed by atoms with Crippen LogP contribution in [0.4, 0.5) is 8.78 Å². The normalized spacial score (nSPS) is 13.2. The van der Waals surface area contributed by atoms with Gasteiger partial charge in [-0.05, 0) is 40.3 Å². The number of aliphatic hydroxyl groups excluding tert-OH is 1. The summed E-state index contributed by atoms with van der Waals surface area (Å²) in [5.41, 5.74) is 1.83. The van der Waals surface area contributed by atoms with E-state index in [2.05, 4.69) is 20.8 Å². The molecule has 0 aliphatic heterocycles. The Balaban J connectivity index is 2.33. The molecule has 1 atom stereocenters. The molecule has 0 saturated carbocycles. The molecule has 0 spiro atoms. The topological polar surface area (TPSA) is 20.2 Å². The van der Waals surface area contributed by atoms with Crippen LogP contribution in [-0.2, 0) is 11.8 Å². The summed E-state index contributed by atoms with van der Waals surface area (Å²) < 4.78 is 26.9. The molecule has 0 radical (unpaired) electrons. The lowest BCUT2D eigenvalue weighted by Gasteiger charge is -2.25. The van der Waals surface area contributed by atoms with Gasteiger partial charge in [0.1, 0.15) is 11.6 Å². The van der Waals surface area contributed by atoms with Gasteiger partial charge in [-0.15, -0.1) is 0 Å². The molecule has 0 bridgehead atoms. The minimum Gasteiger partial charge on any atom is -0.388 e. The highest BCUT2D eigenvalue weighted by Crippen LogP contribution is 2.31. The third-order valence-corrected chi connectivity index (χ3v) is 3.55. The summed E-state index contributed by atoms with van der Waals surface area (Å²) in [6.45, 7) is 6.17. The second-order valence-corrected chi connectivity index (χ2v) is 6.29. The molecule has 0 amide bonds. The highest BCUT2D eigenvalue weighted by Gasteiger charge is 2.22. The van der Waals surface area contributed by atoms with Crippen molar-refractivity contribution in [3.05, 3.63) is 70.8 Å². The predicted octanol–water partition coefficient (Wildman–Crippen LogP) is 4.54. The van der Waals surface area contributed by atoms with E-state index in [4.69, 9.17) is 0 Å². The molecule has 21 heavy (non-hydrogen) atoms. The van der Waals surface area contributed by atoms with Crippen molar-refractivity contribution in [2.45, 2.75) is 38.7 Å². The van der Waals surface area contributed by atoms with E-state index in [-0.39, 0.29) is 17.4 Å². The van der Waals surface area contributed by atoms with Crippen molar-refractivity contribution in [3.8, 4) is 0 Å². The third kappa shape index (κ3) is 3.67. The molecule has 1 unspecified atom stereocenters. The highest BCUT2D eigenvalue weighted by atomic mass is 19.1. The zero-order valence-electron chi connectivity index (χ0n) is 12.5. The Bertz CT molecular complexity index is 629. The number of rotatable bonds is 3. The lowest BCUT2D eigenvalue weighted by atomic mass is 9.81. The van der Waals surface area contributed by atoms with E-state index in [0.29, 0.717) is 0 Å². The molecule has 2 rings (SSSR count). The van der Waals surface area contributed by atoms with Crippen LogP contribution >= 0.6 is 0 Å². The van der Waals surface area contributed by atoms with Crippen LogP contribution < -0.4 is 0 Å². The number of aliphatic hydroxyl groups is 1. The molecule has 2 aromatic rings. The predicted molar refractivity (Wildman–Crippen MR) is 80.2 cm³/mol. The smallest absolute Gasteiger partial charge is 0.126 e. The Hall–Kier alpha value is -1.74. The van der Waals surface area contributed by atoms with Gasteiger partial charge >= 0.3 is 0 Å². The Morgan fingerprint density at radius 2 is 1.71 bits per heavy atom. The fourth-order valence-corrected chi connectivity index (χ4v) is 2.49. The average molecular weight is 290 g/mol. The summed E-state index contributed by atoms with van der Waals surface area (Å²) in [4.78, 5) is 0. The lowest BCUT2D eigenvalue weighted by molar-refractivity contribution is 0.174. The minimum absolute atomic E-state index is 0.0523. The summed E-state index contributed by atoms with van der Waals surface area (Å²) in [5, 5.41) is 10.4. The van der Waals surface area contributed by atoms with E-state index in [1.807, 2.05) is 24.3 Å². The van der Waals surface area contributed by atoms with Gasteiger partial charge < -0.3 is 5.11 Å². The van der Waals surface area contributed by atoms with Gasteiger partial charge in [-0.25, -0.2) is 8.78 Å². The minimum atomic E-state index is -0.864. The Morgan fingerprint density at radius 3 is 2.38 bits per heavy atom. The van der Waals surface area contributed by atoms with Crippen LogP contribution in [0.2, 0.25) is 0 Å². The zero-order chi connectivity index (χ0) is 15.6. The van der Waals surface area contributed by atoms with Gasteiger partial charge in [0, 0.05) is 6.42 Å². The molecule has 0 aliphatic carbocycles. The van der Waals surface area contributed by atoms with E-state index in [1.54, 1.807) is 0 Å². The van der Waals surface area contributed by atoms with Crippen LogP contribution in [0.25, 0.3) is 0 Å². The van der Waals surface area contributed by atoms with Crippen molar-refractivity contribution in [2.24, 2.45) is 0 Å². The molecular formula is C18H20F2O. The number of hydrogen-bond donors (Lipinski definition) is 1. The van der Waals surface area contributed by atoms with Gasteiger partial charge in [0.15, 0.2) is 0 Å². The van der Waals surface area contributed by atoms with Crippen LogP contribution in [0.15, 0.2) is 42.5 Å². The number of halogens is 2. The molecule has 0 aliphatic rings. The Labute approximate surface area is 124 Å². The van der Waals surface area contributed by atoms with Crippen LogP contribution in [0.1, 0.15) is 43.6 Å². The SMILES string of the molecule is CC(C)(C)c1ccccc1C(O)Cc1cc(F)ccc1F. The van der Waals surface area contributed by atoms with Crippen molar-refractivity contribution in [2.75, 3.05) is 0 Å². The van der Waals surface area contributed by atoms with Gasteiger partial charge in [-0.3, -0.25) is 0 Å². The molecule has 0 heterocycles.